The lowest BCUT2D eigenvalue weighted by Gasteiger charge is -2.33. The average Bonchev–Trinajstić information content (AvgIpc) is 2.89. The van der Waals surface area contributed by atoms with Crippen molar-refractivity contribution in [2.24, 2.45) is 5.92 Å². The van der Waals surface area contributed by atoms with Crippen LogP contribution in [0.25, 0.3) is 0 Å². The van der Waals surface area contributed by atoms with Crippen LogP contribution in [0.5, 0.6) is 5.75 Å². The Kier molecular flexibility index (Phi) is 7.10. The summed E-state index contributed by atoms with van der Waals surface area (Å²) >= 11 is 0. The van der Waals surface area contributed by atoms with E-state index in [9.17, 15) is 4.79 Å². The number of carbonyl (C=O) groups excluding carboxylic acids is 1. The molecule has 1 atom stereocenters. The van der Waals surface area contributed by atoms with Gasteiger partial charge in [0.1, 0.15) is 12.4 Å². The van der Waals surface area contributed by atoms with E-state index in [2.05, 4.69) is 72.5 Å². The summed E-state index contributed by atoms with van der Waals surface area (Å²) in [4.78, 5) is 15.7. The van der Waals surface area contributed by atoms with Gasteiger partial charge < -0.3 is 9.64 Å². The van der Waals surface area contributed by atoms with Gasteiger partial charge in [-0.15, -0.1) is 0 Å². The normalized spacial score (nSPS) is 19.1. The Bertz CT molecular complexity index is 1100. The van der Waals surface area contributed by atoms with E-state index >= 15 is 0 Å². The highest BCUT2D eigenvalue weighted by Crippen LogP contribution is 2.32. The first-order chi connectivity index (χ1) is 16.7. The van der Waals surface area contributed by atoms with Gasteiger partial charge in [-0.05, 0) is 99.5 Å². The summed E-state index contributed by atoms with van der Waals surface area (Å²) in [5, 5.41) is 0. The van der Waals surface area contributed by atoms with Gasteiger partial charge in [-0.25, -0.2) is 0 Å². The zero-order valence-electron chi connectivity index (χ0n) is 20.2. The van der Waals surface area contributed by atoms with Crippen LogP contribution in [-0.2, 0) is 13.0 Å². The van der Waals surface area contributed by atoms with E-state index in [0.717, 1.165) is 61.3 Å². The van der Waals surface area contributed by atoms with Gasteiger partial charge in [-0.1, -0.05) is 60.2 Å². The molecule has 5 rings (SSSR count). The minimum absolute atomic E-state index is 0.152. The lowest BCUT2D eigenvalue weighted by Crippen LogP contribution is -2.35. The van der Waals surface area contributed by atoms with Gasteiger partial charge in [0.25, 0.3) is 0 Å². The second kappa shape index (κ2) is 10.6. The van der Waals surface area contributed by atoms with Crippen LogP contribution >= 0.6 is 0 Å². The van der Waals surface area contributed by atoms with Crippen LogP contribution in [0.1, 0.15) is 64.2 Å². The second-order valence-electron chi connectivity index (χ2n) is 10.0. The quantitative estimate of drug-likeness (QED) is 0.404. The number of rotatable bonds is 7. The number of Topliss-reactive ketones (excluding diaryl/α,β-unsaturated/α-hetero) is 1. The first-order valence-corrected chi connectivity index (χ1v) is 12.8. The fraction of sp³-hybridized carbons (Fsp3) is 0.387. The summed E-state index contributed by atoms with van der Waals surface area (Å²) < 4.78 is 6.01. The highest BCUT2D eigenvalue weighted by atomic mass is 16.5. The molecule has 3 nitrogen and oxygen atoms in total. The van der Waals surface area contributed by atoms with Crippen LogP contribution in [0.2, 0.25) is 0 Å². The Morgan fingerprint density at radius 2 is 1.68 bits per heavy atom. The standard InChI is InChI=1S/C31H35NO2/c1-23-7-9-24(10-8-23)22-34-29-13-14-30-28(21-29)12-11-27(31(30)33)17-20-32-18-15-26(16-19-32)25-5-3-2-4-6-25/h2-10,13-14,21,26-27H,11-12,15-20,22H2,1H3. The van der Waals surface area contributed by atoms with Crippen LogP contribution in [0.3, 0.4) is 0 Å². The third-order valence-corrected chi connectivity index (χ3v) is 7.65. The lowest BCUT2D eigenvalue weighted by atomic mass is 9.80. The zero-order valence-corrected chi connectivity index (χ0v) is 20.2. The maximum atomic E-state index is 13.2. The zero-order chi connectivity index (χ0) is 23.3. The van der Waals surface area contributed by atoms with Gasteiger partial charge in [0.15, 0.2) is 5.78 Å². The molecule has 1 unspecified atom stereocenters. The third-order valence-electron chi connectivity index (χ3n) is 7.65. The molecule has 0 radical (unpaired) electrons. The van der Waals surface area contributed by atoms with Gasteiger partial charge in [0.05, 0.1) is 0 Å². The Balaban J connectivity index is 1.11. The highest BCUT2D eigenvalue weighted by Gasteiger charge is 2.29. The molecule has 0 bridgehead atoms. The van der Waals surface area contributed by atoms with E-state index in [-0.39, 0.29) is 5.92 Å². The molecule has 3 aromatic carbocycles. The number of nitrogens with zero attached hydrogens (tertiary/aromatic N) is 1. The molecule has 3 heteroatoms. The van der Waals surface area contributed by atoms with E-state index in [1.807, 2.05) is 12.1 Å². The molecular weight excluding hydrogens is 418 g/mol. The highest BCUT2D eigenvalue weighted by molar-refractivity contribution is 6.00. The van der Waals surface area contributed by atoms with E-state index in [1.54, 1.807) is 0 Å². The van der Waals surface area contributed by atoms with Crippen molar-refractivity contribution in [3.63, 3.8) is 0 Å². The topological polar surface area (TPSA) is 29.5 Å². The lowest BCUT2D eigenvalue weighted by molar-refractivity contribution is 0.0877. The molecule has 0 amide bonds. The van der Waals surface area contributed by atoms with E-state index in [4.69, 9.17) is 4.74 Å². The first kappa shape index (κ1) is 22.9. The Hall–Kier alpha value is -2.91. The minimum Gasteiger partial charge on any atom is -0.489 e. The number of ether oxygens (including phenoxy) is 1. The maximum absolute atomic E-state index is 13.2. The summed E-state index contributed by atoms with van der Waals surface area (Å²) in [6, 6.07) is 25.4. The van der Waals surface area contributed by atoms with Crippen LogP contribution in [0.15, 0.2) is 72.8 Å². The number of carbonyl (C=O) groups is 1. The summed E-state index contributed by atoms with van der Waals surface area (Å²) in [5.74, 6) is 2.01. The van der Waals surface area contributed by atoms with Crippen molar-refractivity contribution in [3.8, 4) is 5.75 Å². The molecule has 0 saturated carbocycles. The Morgan fingerprint density at radius 1 is 0.912 bits per heavy atom. The minimum atomic E-state index is 0.152. The van der Waals surface area contributed by atoms with Gasteiger partial charge in [-0.3, -0.25) is 4.79 Å². The van der Waals surface area contributed by atoms with Gasteiger partial charge in [-0.2, -0.15) is 0 Å². The molecule has 1 aliphatic carbocycles. The molecule has 0 spiro atoms. The molecule has 1 aliphatic heterocycles. The maximum Gasteiger partial charge on any atom is 0.166 e. The van der Waals surface area contributed by atoms with Crippen LogP contribution in [0, 0.1) is 12.8 Å². The predicted molar refractivity (Wildman–Crippen MR) is 138 cm³/mol. The third kappa shape index (κ3) is 5.42. The van der Waals surface area contributed by atoms with Crippen molar-refractivity contribution in [2.45, 2.75) is 51.6 Å². The number of likely N-dealkylation sites (tertiary alicyclic amines) is 1. The number of fused-ring (bicyclic) bond motifs is 1. The average molecular weight is 454 g/mol. The number of aryl methyl sites for hydroxylation is 2. The second-order valence-corrected chi connectivity index (χ2v) is 10.0. The van der Waals surface area contributed by atoms with Gasteiger partial charge >= 0.3 is 0 Å². The number of hydrogen-bond acceptors (Lipinski definition) is 3. The molecule has 3 aromatic rings. The fourth-order valence-corrected chi connectivity index (χ4v) is 5.47. The van der Waals surface area contributed by atoms with Gasteiger partial charge in [0.2, 0.25) is 0 Å². The van der Waals surface area contributed by atoms with Crippen molar-refractivity contribution < 1.29 is 9.53 Å². The summed E-state index contributed by atoms with van der Waals surface area (Å²) in [5.41, 5.74) is 5.94. The van der Waals surface area contributed by atoms with Crippen LogP contribution in [-0.4, -0.2) is 30.3 Å². The number of ketones is 1. The van der Waals surface area contributed by atoms with Crippen molar-refractivity contribution in [3.05, 3.63) is 101 Å². The summed E-state index contributed by atoms with van der Waals surface area (Å²) in [6.07, 6.45) is 5.32. The number of benzene rings is 3. The van der Waals surface area contributed by atoms with Crippen molar-refractivity contribution in [2.75, 3.05) is 19.6 Å². The molecule has 34 heavy (non-hydrogen) atoms. The molecule has 1 heterocycles. The van der Waals surface area contributed by atoms with E-state index in [1.165, 1.54) is 24.0 Å². The molecule has 0 aromatic heterocycles. The molecule has 0 N–H and O–H groups in total. The molecule has 1 fully saturated rings. The van der Waals surface area contributed by atoms with Crippen molar-refractivity contribution in [1.29, 1.82) is 0 Å². The fourth-order valence-electron chi connectivity index (χ4n) is 5.47. The van der Waals surface area contributed by atoms with Crippen molar-refractivity contribution in [1.82, 2.24) is 4.90 Å². The number of piperidine rings is 1. The Morgan fingerprint density at radius 3 is 2.44 bits per heavy atom. The van der Waals surface area contributed by atoms with Crippen LogP contribution in [0.4, 0.5) is 0 Å². The SMILES string of the molecule is Cc1ccc(COc2ccc3c(c2)CCC(CCN2CCC(c4ccccc4)CC2)C3=O)cc1. The largest absolute Gasteiger partial charge is 0.489 e. The number of hydrogen-bond donors (Lipinski definition) is 0. The molecule has 1 saturated heterocycles. The van der Waals surface area contributed by atoms with E-state index in [0.29, 0.717) is 18.3 Å². The first-order valence-electron chi connectivity index (χ1n) is 12.8. The summed E-state index contributed by atoms with van der Waals surface area (Å²) in [7, 11) is 0. The van der Waals surface area contributed by atoms with Gasteiger partial charge in [0, 0.05) is 11.5 Å². The van der Waals surface area contributed by atoms with Crippen molar-refractivity contribution >= 4 is 5.78 Å². The van der Waals surface area contributed by atoms with E-state index < -0.39 is 0 Å². The smallest absolute Gasteiger partial charge is 0.166 e. The molecule has 176 valence electrons. The predicted octanol–water partition coefficient (Wildman–Crippen LogP) is 6.59. The van der Waals surface area contributed by atoms with Crippen LogP contribution < -0.4 is 4.74 Å². The molecular formula is C31H35NO2. The summed E-state index contributed by atoms with van der Waals surface area (Å²) in [6.45, 7) is 5.95. The molecule has 2 aliphatic rings. The Labute approximate surface area is 203 Å². The monoisotopic (exact) mass is 453 g/mol.